The predicted octanol–water partition coefficient (Wildman–Crippen LogP) is 3.04. The van der Waals surface area contributed by atoms with Gasteiger partial charge in [-0.2, -0.15) is 0 Å². The molecule has 2 saturated heterocycles. The Hall–Kier alpha value is -2.42. The summed E-state index contributed by atoms with van der Waals surface area (Å²) in [5, 5.41) is 10.2. The third kappa shape index (κ3) is 3.49. The van der Waals surface area contributed by atoms with Gasteiger partial charge in [0.05, 0.1) is 11.6 Å². The normalized spacial score (nSPS) is 30.4. The maximum absolute atomic E-state index is 14.8. The molecule has 164 valence electrons. The molecule has 1 aliphatic carbocycles. The van der Waals surface area contributed by atoms with Crippen molar-refractivity contribution in [1.82, 2.24) is 0 Å². The smallest absolute Gasteiger partial charge is 0.417 e. The fraction of sp³-hybridized carbons (Fsp3) is 0.619. The number of rotatable bonds is 4. The van der Waals surface area contributed by atoms with Crippen LogP contribution in [0.15, 0.2) is 12.1 Å². The monoisotopic (exact) mass is 424 g/mol. The van der Waals surface area contributed by atoms with Crippen molar-refractivity contribution in [2.75, 3.05) is 22.9 Å². The zero-order valence-electron chi connectivity index (χ0n) is 17.4. The Labute approximate surface area is 173 Å². The highest BCUT2D eigenvalue weighted by Gasteiger charge is 2.61. The number of fused-ring (bicyclic) bond motifs is 1. The summed E-state index contributed by atoms with van der Waals surface area (Å²) in [5.41, 5.74) is -0.860. The van der Waals surface area contributed by atoms with Gasteiger partial charge >= 0.3 is 12.1 Å². The standard InChI is InChI=1S/C21H26F2N2O5/c1-5-15-18(26)25(20(28)29-15)10-6-13(22)17(14(23)7-10)24-8-11-12(9-24)16(11)19(27)30-21(2,3)4/h6-7,11-12,15-16,18,26H,5,8-9H2,1-4H3/t11-,12+,15-,16?,18?/m1/s1. The highest BCUT2D eigenvalue weighted by Crippen LogP contribution is 2.54. The van der Waals surface area contributed by atoms with E-state index in [0.717, 1.165) is 17.0 Å². The van der Waals surface area contributed by atoms with Crippen molar-refractivity contribution >= 4 is 23.4 Å². The fourth-order valence-electron chi connectivity index (χ4n) is 4.50. The number of hydrogen-bond donors (Lipinski definition) is 1. The number of aliphatic hydroxyl groups is 1. The van der Waals surface area contributed by atoms with E-state index in [1.165, 1.54) is 0 Å². The number of hydrogen-bond acceptors (Lipinski definition) is 6. The van der Waals surface area contributed by atoms with Crippen LogP contribution < -0.4 is 9.80 Å². The van der Waals surface area contributed by atoms with Crippen LogP contribution in [-0.2, 0) is 14.3 Å². The summed E-state index contributed by atoms with van der Waals surface area (Å²) < 4.78 is 40.1. The van der Waals surface area contributed by atoms with Crippen LogP contribution in [-0.4, -0.2) is 48.2 Å². The Bertz CT molecular complexity index is 852. The van der Waals surface area contributed by atoms with Gasteiger partial charge in [-0.15, -0.1) is 0 Å². The van der Waals surface area contributed by atoms with E-state index >= 15 is 0 Å². The molecule has 3 fully saturated rings. The zero-order chi connectivity index (χ0) is 22.0. The number of cyclic esters (lactones) is 1. The largest absolute Gasteiger partial charge is 0.460 e. The molecule has 1 aromatic carbocycles. The lowest BCUT2D eigenvalue weighted by molar-refractivity contribution is -0.157. The number of amides is 1. The molecule has 30 heavy (non-hydrogen) atoms. The molecule has 0 spiro atoms. The highest BCUT2D eigenvalue weighted by atomic mass is 19.1. The molecule has 1 amide bonds. The minimum atomic E-state index is -1.30. The second-order valence-corrected chi connectivity index (χ2v) is 9.16. The van der Waals surface area contributed by atoms with Gasteiger partial charge < -0.3 is 19.5 Å². The van der Waals surface area contributed by atoms with Crippen molar-refractivity contribution < 1.29 is 33.0 Å². The minimum absolute atomic E-state index is 0.0130. The minimum Gasteiger partial charge on any atom is -0.460 e. The lowest BCUT2D eigenvalue weighted by Gasteiger charge is -2.26. The molecule has 1 N–H and O–H groups in total. The Morgan fingerprint density at radius 1 is 1.23 bits per heavy atom. The van der Waals surface area contributed by atoms with Crippen LogP contribution >= 0.6 is 0 Å². The molecule has 2 heterocycles. The molecule has 5 atom stereocenters. The van der Waals surface area contributed by atoms with Crippen LogP contribution in [0, 0.1) is 29.4 Å². The molecule has 1 aromatic rings. The van der Waals surface area contributed by atoms with Crippen molar-refractivity contribution in [3.63, 3.8) is 0 Å². The number of halogens is 2. The Kier molecular flexibility index (Phi) is 4.91. The van der Waals surface area contributed by atoms with Crippen LogP contribution in [0.2, 0.25) is 0 Å². The Morgan fingerprint density at radius 2 is 1.80 bits per heavy atom. The van der Waals surface area contributed by atoms with Gasteiger partial charge in [-0.25, -0.2) is 18.5 Å². The summed E-state index contributed by atoms with van der Waals surface area (Å²) in [6, 6.07) is 2.05. The summed E-state index contributed by atoms with van der Waals surface area (Å²) in [7, 11) is 0. The van der Waals surface area contributed by atoms with E-state index in [1.807, 2.05) is 0 Å². The summed E-state index contributed by atoms with van der Waals surface area (Å²) in [6.07, 6.45) is -2.52. The molecule has 7 nitrogen and oxygen atoms in total. The number of nitrogens with zero attached hydrogens (tertiary/aromatic N) is 2. The number of esters is 1. The molecule has 0 bridgehead atoms. The van der Waals surface area contributed by atoms with Crippen molar-refractivity contribution in [2.45, 2.75) is 52.0 Å². The zero-order valence-corrected chi connectivity index (χ0v) is 17.4. The number of carbonyl (C=O) groups excluding carboxylic acids is 2. The molecule has 0 aromatic heterocycles. The van der Waals surface area contributed by atoms with Crippen LogP contribution in [0.4, 0.5) is 25.0 Å². The van der Waals surface area contributed by atoms with E-state index in [9.17, 15) is 23.5 Å². The van der Waals surface area contributed by atoms with Gasteiger partial charge in [0.1, 0.15) is 17.4 Å². The fourth-order valence-corrected chi connectivity index (χ4v) is 4.50. The van der Waals surface area contributed by atoms with Crippen LogP contribution in [0.1, 0.15) is 34.1 Å². The number of piperidine rings is 1. The van der Waals surface area contributed by atoms with Crippen LogP contribution in [0.5, 0.6) is 0 Å². The van der Waals surface area contributed by atoms with Crippen molar-refractivity contribution in [2.24, 2.45) is 17.8 Å². The van der Waals surface area contributed by atoms with E-state index in [4.69, 9.17) is 9.47 Å². The summed E-state index contributed by atoms with van der Waals surface area (Å²) in [5.74, 6) is -2.13. The third-order valence-electron chi connectivity index (χ3n) is 5.92. The van der Waals surface area contributed by atoms with Gasteiger partial charge in [-0.1, -0.05) is 6.92 Å². The lowest BCUT2D eigenvalue weighted by Crippen LogP contribution is -2.36. The Morgan fingerprint density at radius 3 is 2.27 bits per heavy atom. The van der Waals surface area contributed by atoms with Gasteiger partial charge in [-0.3, -0.25) is 4.79 Å². The quantitative estimate of drug-likeness (QED) is 0.749. The molecule has 9 heteroatoms. The molecule has 2 aliphatic heterocycles. The SMILES string of the molecule is CC[C@H]1OC(=O)N(c2cc(F)c(N3C[C@@H]4C(C(=O)OC(C)(C)C)[C@@H]4C3)c(F)c2)C1O. The van der Waals surface area contributed by atoms with Gasteiger partial charge in [0.25, 0.3) is 0 Å². The van der Waals surface area contributed by atoms with E-state index in [2.05, 4.69) is 0 Å². The first kappa shape index (κ1) is 20.8. The predicted molar refractivity (Wildman–Crippen MR) is 104 cm³/mol. The Balaban J connectivity index is 1.48. The van der Waals surface area contributed by atoms with Gasteiger partial charge in [0.2, 0.25) is 0 Å². The number of aliphatic hydroxyl groups excluding tert-OH is 1. The average molecular weight is 424 g/mol. The first-order valence-corrected chi connectivity index (χ1v) is 10.2. The van der Waals surface area contributed by atoms with Gasteiger partial charge in [-0.05, 0) is 39.0 Å². The van der Waals surface area contributed by atoms with E-state index < -0.39 is 35.7 Å². The molecule has 1 saturated carbocycles. The van der Waals surface area contributed by atoms with Crippen LogP contribution in [0.25, 0.3) is 0 Å². The third-order valence-corrected chi connectivity index (χ3v) is 5.92. The lowest BCUT2D eigenvalue weighted by atomic mass is 10.1. The number of carbonyl (C=O) groups is 2. The summed E-state index contributed by atoms with van der Waals surface area (Å²) in [6.45, 7) is 7.85. The number of anilines is 2. The average Bonchev–Trinajstić information content (AvgIpc) is 2.97. The van der Waals surface area contributed by atoms with Gasteiger partial charge in [0, 0.05) is 25.2 Å². The van der Waals surface area contributed by atoms with Gasteiger partial charge in [0.15, 0.2) is 17.9 Å². The van der Waals surface area contributed by atoms with E-state index in [-0.39, 0.29) is 35.1 Å². The topological polar surface area (TPSA) is 79.3 Å². The molecular weight excluding hydrogens is 398 g/mol. The van der Waals surface area contributed by atoms with Crippen molar-refractivity contribution in [3.05, 3.63) is 23.8 Å². The maximum atomic E-state index is 14.8. The van der Waals surface area contributed by atoms with Crippen molar-refractivity contribution in [3.8, 4) is 0 Å². The maximum Gasteiger partial charge on any atom is 0.417 e. The molecule has 3 aliphatic rings. The number of ether oxygens (including phenoxy) is 2. The first-order valence-electron chi connectivity index (χ1n) is 10.2. The summed E-state index contributed by atoms with van der Waals surface area (Å²) in [4.78, 5) is 26.7. The van der Waals surface area contributed by atoms with Crippen molar-refractivity contribution in [1.29, 1.82) is 0 Å². The second-order valence-electron chi connectivity index (χ2n) is 9.16. The first-order chi connectivity index (χ1) is 14.0. The van der Waals surface area contributed by atoms with E-state index in [1.54, 1.807) is 32.6 Å². The number of benzene rings is 1. The molecule has 4 rings (SSSR count). The van der Waals surface area contributed by atoms with E-state index in [0.29, 0.717) is 19.5 Å². The summed E-state index contributed by atoms with van der Waals surface area (Å²) >= 11 is 0. The second kappa shape index (κ2) is 7.08. The molecule has 0 radical (unpaired) electrons. The molecule has 2 unspecified atom stereocenters. The van der Waals surface area contributed by atoms with Crippen LogP contribution in [0.3, 0.4) is 0 Å². The molecular formula is C21H26F2N2O5. The highest BCUT2D eigenvalue weighted by molar-refractivity contribution is 5.90.